The molecule has 106 valence electrons. The number of ether oxygens (including phenoxy) is 1. The van der Waals surface area contributed by atoms with Crippen LogP contribution in [0, 0.1) is 5.82 Å². The van der Waals surface area contributed by atoms with Crippen LogP contribution in [0.1, 0.15) is 25.7 Å². The summed E-state index contributed by atoms with van der Waals surface area (Å²) in [5, 5.41) is 9.50. The maximum atomic E-state index is 14.1. The lowest BCUT2D eigenvalue weighted by Gasteiger charge is -2.31. The van der Waals surface area contributed by atoms with E-state index in [0.29, 0.717) is 17.1 Å². The van der Waals surface area contributed by atoms with Crippen molar-refractivity contribution in [1.82, 2.24) is 0 Å². The van der Waals surface area contributed by atoms with Gasteiger partial charge in [0.15, 0.2) is 0 Å². The highest BCUT2D eigenvalue weighted by molar-refractivity contribution is 5.63. The van der Waals surface area contributed by atoms with Gasteiger partial charge in [-0.2, -0.15) is 0 Å². The van der Waals surface area contributed by atoms with Gasteiger partial charge in [-0.3, -0.25) is 0 Å². The van der Waals surface area contributed by atoms with Crippen molar-refractivity contribution in [3.05, 3.63) is 17.9 Å². The third-order valence-electron chi connectivity index (χ3n) is 3.70. The van der Waals surface area contributed by atoms with Crippen LogP contribution in [0.2, 0.25) is 0 Å². The van der Waals surface area contributed by atoms with E-state index >= 15 is 0 Å². The predicted octanol–water partition coefficient (Wildman–Crippen LogP) is 2.16. The molecule has 1 saturated heterocycles. The number of hydrogen-bond donors (Lipinski definition) is 2. The van der Waals surface area contributed by atoms with Crippen molar-refractivity contribution in [2.45, 2.75) is 31.7 Å². The first kappa shape index (κ1) is 13.9. The summed E-state index contributed by atoms with van der Waals surface area (Å²) in [5.74, 6) is 0.107. The van der Waals surface area contributed by atoms with Gasteiger partial charge in [-0.25, -0.2) is 4.39 Å². The Morgan fingerprint density at radius 3 is 2.89 bits per heavy atom. The lowest BCUT2D eigenvalue weighted by Crippen LogP contribution is -2.38. The van der Waals surface area contributed by atoms with Gasteiger partial charge in [-0.15, -0.1) is 0 Å². The summed E-state index contributed by atoms with van der Waals surface area (Å²) in [7, 11) is 1.51. The number of hydrogen-bond acceptors (Lipinski definition) is 4. The minimum atomic E-state index is -0.362. The van der Waals surface area contributed by atoms with Gasteiger partial charge in [-0.1, -0.05) is 12.8 Å². The average molecular weight is 268 g/mol. The summed E-state index contributed by atoms with van der Waals surface area (Å²) in [6, 6.07) is 2.87. The summed E-state index contributed by atoms with van der Waals surface area (Å²) >= 11 is 0. The Balaban J connectivity index is 2.37. The Morgan fingerprint density at radius 2 is 2.21 bits per heavy atom. The highest BCUT2D eigenvalue weighted by atomic mass is 19.1. The van der Waals surface area contributed by atoms with Crippen LogP contribution in [-0.2, 0) is 0 Å². The molecule has 4 nitrogen and oxygen atoms in total. The smallest absolute Gasteiger partial charge is 0.148 e. The summed E-state index contributed by atoms with van der Waals surface area (Å²) < 4.78 is 19.3. The molecule has 1 heterocycles. The normalized spacial score (nSPS) is 20.2. The van der Waals surface area contributed by atoms with Crippen molar-refractivity contribution in [3.63, 3.8) is 0 Å². The average Bonchev–Trinajstić information content (AvgIpc) is 2.64. The Morgan fingerprint density at radius 1 is 1.42 bits per heavy atom. The van der Waals surface area contributed by atoms with Crippen LogP contribution in [0.5, 0.6) is 5.75 Å². The Bertz CT molecular complexity index is 440. The maximum Gasteiger partial charge on any atom is 0.148 e. The molecule has 0 radical (unpaired) electrons. The van der Waals surface area contributed by atoms with Crippen molar-refractivity contribution in [2.75, 3.05) is 30.9 Å². The summed E-state index contributed by atoms with van der Waals surface area (Å²) in [4.78, 5) is 1.93. The number of anilines is 2. The van der Waals surface area contributed by atoms with Crippen LogP contribution in [0.4, 0.5) is 15.8 Å². The molecule has 1 aromatic carbocycles. The fraction of sp³-hybridized carbons (Fsp3) is 0.571. The van der Waals surface area contributed by atoms with Crippen molar-refractivity contribution >= 4 is 11.4 Å². The maximum absolute atomic E-state index is 14.1. The standard InChI is InChI=1S/C14H21FN2O2/c1-19-14-8-13(11(15)7-12(14)16)17-6-4-2-3-5-10(17)9-18/h7-8,10,18H,2-6,9,16H2,1H3. The van der Waals surface area contributed by atoms with E-state index in [4.69, 9.17) is 10.5 Å². The number of nitrogens with zero attached hydrogens (tertiary/aromatic N) is 1. The van der Waals surface area contributed by atoms with Crippen LogP contribution >= 0.6 is 0 Å². The molecule has 1 aromatic rings. The van der Waals surface area contributed by atoms with E-state index in [9.17, 15) is 9.50 Å². The van der Waals surface area contributed by atoms with E-state index in [2.05, 4.69) is 0 Å². The second-order valence-corrected chi connectivity index (χ2v) is 4.92. The quantitative estimate of drug-likeness (QED) is 0.825. The molecule has 0 bridgehead atoms. The Hall–Kier alpha value is -1.49. The largest absolute Gasteiger partial charge is 0.495 e. The molecule has 0 aliphatic carbocycles. The molecule has 1 unspecified atom stereocenters. The topological polar surface area (TPSA) is 58.7 Å². The molecule has 1 aliphatic heterocycles. The molecular weight excluding hydrogens is 247 g/mol. The zero-order chi connectivity index (χ0) is 13.8. The van der Waals surface area contributed by atoms with E-state index in [0.717, 1.165) is 32.2 Å². The number of rotatable bonds is 3. The highest BCUT2D eigenvalue weighted by Gasteiger charge is 2.24. The fourth-order valence-corrected chi connectivity index (χ4v) is 2.64. The molecule has 0 saturated carbocycles. The number of halogens is 1. The van der Waals surface area contributed by atoms with Crippen molar-refractivity contribution in [1.29, 1.82) is 0 Å². The van der Waals surface area contributed by atoms with E-state index in [1.165, 1.54) is 13.2 Å². The predicted molar refractivity (Wildman–Crippen MR) is 74.1 cm³/mol. The minimum absolute atomic E-state index is 0.0339. The van der Waals surface area contributed by atoms with Crippen molar-refractivity contribution in [2.24, 2.45) is 0 Å². The highest BCUT2D eigenvalue weighted by Crippen LogP contribution is 2.33. The molecule has 0 aromatic heterocycles. The summed E-state index contributed by atoms with van der Waals surface area (Å²) in [6.45, 7) is 0.779. The summed E-state index contributed by atoms with van der Waals surface area (Å²) in [5.41, 5.74) is 6.45. The van der Waals surface area contributed by atoms with E-state index in [1.54, 1.807) is 6.07 Å². The molecule has 0 amide bonds. The Kier molecular flexibility index (Phi) is 4.47. The zero-order valence-electron chi connectivity index (χ0n) is 11.2. The first-order chi connectivity index (χ1) is 9.17. The number of methoxy groups -OCH3 is 1. The van der Waals surface area contributed by atoms with Crippen molar-refractivity contribution < 1.29 is 14.2 Å². The molecule has 3 N–H and O–H groups in total. The van der Waals surface area contributed by atoms with E-state index in [-0.39, 0.29) is 18.5 Å². The Labute approximate surface area is 113 Å². The SMILES string of the molecule is COc1cc(N2CCCCCC2CO)c(F)cc1N. The fourth-order valence-electron chi connectivity index (χ4n) is 2.64. The van der Waals surface area contributed by atoms with Gasteiger partial charge in [0.2, 0.25) is 0 Å². The lowest BCUT2D eigenvalue weighted by atomic mass is 10.1. The number of benzene rings is 1. The van der Waals surface area contributed by atoms with Crippen LogP contribution in [0.3, 0.4) is 0 Å². The third kappa shape index (κ3) is 2.92. The number of nitrogens with two attached hydrogens (primary N) is 1. The van der Waals surface area contributed by atoms with Gasteiger partial charge >= 0.3 is 0 Å². The van der Waals surface area contributed by atoms with Crippen LogP contribution < -0.4 is 15.4 Å². The third-order valence-corrected chi connectivity index (χ3v) is 3.70. The molecule has 19 heavy (non-hydrogen) atoms. The molecule has 0 spiro atoms. The van der Waals surface area contributed by atoms with Crippen LogP contribution in [0.15, 0.2) is 12.1 Å². The van der Waals surface area contributed by atoms with Gasteiger partial charge in [-0.05, 0) is 12.8 Å². The monoisotopic (exact) mass is 268 g/mol. The van der Waals surface area contributed by atoms with Crippen molar-refractivity contribution in [3.8, 4) is 5.75 Å². The minimum Gasteiger partial charge on any atom is -0.495 e. The molecule has 1 fully saturated rings. The van der Waals surface area contributed by atoms with Gasteiger partial charge in [0.25, 0.3) is 0 Å². The zero-order valence-corrected chi connectivity index (χ0v) is 11.2. The lowest BCUT2D eigenvalue weighted by molar-refractivity contribution is 0.254. The molecule has 5 heteroatoms. The van der Waals surface area contributed by atoms with Gasteiger partial charge < -0.3 is 20.5 Å². The molecular formula is C14H21FN2O2. The molecule has 2 rings (SSSR count). The number of aliphatic hydroxyl groups excluding tert-OH is 1. The van der Waals surface area contributed by atoms with E-state index < -0.39 is 0 Å². The summed E-state index contributed by atoms with van der Waals surface area (Å²) in [6.07, 6.45) is 4.06. The van der Waals surface area contributed by atoms with Gasteiger partial charge in [0.05, 0.1) is 31.1 Å². The molecule has 1 atom stereocenters. The first-order valence-corrected chi connectivity index (χ1v) is 6.68. The van der Waals surface area contributed by atoms with Crippen LogP contribution in [-0.4, -0.2) is 31.4 Å². The van der Waals surface area contributed by atoms with Gasteiger partial charge in [0, 0.05) is 18.7 Å². The van der Waals surface area contributed by atoms with Gasteiger partial charge in [0.1, 0.15) is 11.6 Å². The first-order valence-electron chi connectivity index (χ1n) is 6.68. The van der Waals surface area contributed by atoms with E-state index in [1.807, 2.05) is 4.90 Å². The molecule has 1 aliphatic rings. The second-order valence-electron chi connectivity index (χ2n) is 4.92. The second kappa shape index (κ2) is 6.10. The number of nitrogen functional groups attached to an aromatic ring is 1. The van der Waals surface area contributed by atoms with Crippen LogP contribution in [0.25, 0.3) is 0 Å². The number of aliphatic hydroxyl groups is 1.